The van der Waals surface area contributed by atoms with Crippen molar-refractivity contribution in [1.82, 2.24) is 15.1 Å². The highest BCUT2D eigenvalue weighted by molar-refractivity contribution is 4.84. The zero-order valence-corrected chi connectivity index (χ0v) is 8.84. The number of ether oxygens (including phenoxy) is 1. The standard InChI is InChI=1S/C10H17N3O2/c1-8(5-13-4-2-3-11-13)12-9-6-15-7-10(9)14/h2-4,8-10,12,14H,5-7H2,1H3. The molecule has 0 amide bonds. The number of nitrogens with zero attached hydrogens (tertiary/aromatic N) is 2. The highest BCUT2D eigenvalue weighted by Gasteiger charge is 2.26. The molecule has 2 N–H and O–H groups in total. The maximum Gasteiger partial charge on any atom is 0.0948 e. The van der Waals surface area contributed by atoms with E-state index in [1.165, 1.54) is 0 Å². The Morgan fingerprint density at radius 1 is 1.67 bits per heavy atom. The van der Waals surface area contributed by atoms with Crippen molar-refractivity contribution in [3.8, 4) is 0 Å². The van der Waals surface area contributed by atoms with Crippen LogP contribution in [0.5, 0.6) is 0 Å². The van der Waals surface area contributed by atoms with Gasteiger partial charge in [-0.1, -0.05) is 0 Å². The van der Waals surface area contributed by atoms with E-state index in [4.69, 9.17) is 4.74 Å². The Morgan fingerprint density at radius 2 is 2.53 bits per heavy atom. The molecule has 2 rings (SSSR count). The number of hydrogen-bond acceptors (Lipinski definition) is 4. The van der Waals surface area contributed by atoms with Gasteiger partial charge in [0, 0.05) is 18.4 Å². The third-order valence-electron chi connectivity index (χ3n) is 2.57. The summed E-state index contributed by atoms with van der Waals surface area (Å²) >= 11 is 0. The third kappa shape index (κ3) is 2.77. The summed E-state index contributed by atoms with van der Waals surface area (Å²) in [7, 11) is 0. The summed E-state index contributed by atoms with van der Waals surface area (Å²) in [4.78, 5) is 0. The van der Waals surface area contributed by atoms with Gasteiger partial charge in [0.05, 0.1) is 31.9 Å². The van der Waals surface area contributed by atoms with E-state index in [2.05, 4.69) is 17.3 Å². The van der Waals surface area contributed by atoms with Crippen LogP contribution in [0, 0.1) is 0 Å². The molecule has 2 heterocycles. The maximum absolute atomic E-state index is 9.55. The molecular weight excluding hydrogens is 194 g/mol. The zero-order valence-electron chi connectivity index (χ0n) is 8.84. The second-order valence-corrected chi connectivity index (χ2v) is 4.01. The first-order valence-corrected chi connectivity index (χ1v) is 5.25. The Labute approximate surface area is 89.0 Å². The average molecular weight is 211 g/mol. The molecule has 0 aliphatic carbocycles. The second kappa shape index (κ2) is 4.74. The van der Waals surface area contributed by atoms with Gasteiger partial charge in [-0.15, -0.1) is 0 Å². The number of aliphatic hydroxyl groups is 1. The highest BCUT2D eigenvalue weighted by Crippen LogP contribution is 2.06. The fraction of sp³-hybridized carbons (Fsp3) is 0.700. The molecule has 0 aromatic carbocycles. The van der Waals surface area contributed by atoms with Crippen molar-refractivity contribution in [2.24, 2.45) is 0 Å². The predicted octanol–water partition coefficient (Wildman–Crippen LogP) is -0.379. The largest absolute Gasteiger partial charge is 0.389 e. The summed E-state index contributed by atoms with van der Waals surface area (Å²) < 4.78 is 7.05. The average Bonchev–Trinajstić information content (AvgIpc) is 2.79. The van der Waals surface area contributed by atoms with Gasteiger partial charge < -0.3 is 15.2 Å². The van der Waals surface area contributed by atoms with Crippen molar-refractivity contribution in [1.29, 1.82) is 0 Å². The van der Waals surface area contributed by atoms with Crippen molar-refractivity contribution in [2.75, 3.05) is 13.2 Å². The predicted molar refractivity (Wildman–Crippen MR) is 55.4 cm³/mol. The molecule has 5 nitrogen and oxygen atoms in total. The van der Waals surface area contributed by atoms with Crippen LogP contribution >= 0.6 is 0 Å². The molecule has 0 radical (unpaired) electrons. The van der Waals surface area contributed by atoms with E-state index in [1.54, 1.807) is 6.20 Å². The summed E-state index contributed by atoms with van der Waals surface area (Å²) in [6.45, 7) is 3.90. The molecule has 1 fully saturated rings. The molecule has 1 aliphatic rings. The van der Waals surface area contributed by atoms with Crippen LogP contribution in [0.25, 0.3) is 0 Å². The van der Waals surface area contributed by atoms with E-state index in [0.717, 1.165) is 6.54 Å². The Balaban J connectivity index is 1.79. The van der Waals surface area contributed by atoms with Crippen LogP contribution in [-0.2, 0) is 11.3 Å². The molecule has 1 aromatic heterocycles. The molecule has 3 atom stereocenters. The number of nitrogens with one attached hydrogen (secondary N) is 1. The first-order valence-electron chi connectivity index (χ1n) is 5.25. The van der Waals surface area contributed by atoms with Crippen LogP contribution in [0.2, 0.25) is 0 Å². The summed E-state index contributed by atoms with van der Waals surface area (Å²) in [5, 5.41) is 17.0. The van der Waals surface area contributed by atoms with Gasteiger partial charge in [0.2, 0.25) is 0 Å². The Hall–Kier alpha value is -0.910. The number of aromatic nitrogens is 2. The van der Waals surface area contributed by atoms with Gasteiger partial charge in [-0.2, -0.15) is 5.10 Å². The zero-order chi connectivity index (χ0) is 10.7. The molecule has 1 aromatic rings. The van der Waals surface area contributed by atoms with Gasteiger partial charge in [-0.25, -0.2) is 0 Å². The molecular formula is C10H17N3O2. The van der Waals surface area contributed by atoms with Crippen molar-refractivity contribution in [2.45, 2.75) is 31.7 Å². The molecule has 84 valence electrons. The minimum atomic E-state index is -0.384. The minimum absolute atomic E-state index is 0.0514. The van der Waals surface area contributed by atoms with Crippen LogP contribution in [0.4, 0.5) is 0 Å². The lowest BCUT2D eigenvalue weighted by molar-refractivity contribution is 0.121. The Morgan fingerprint density at radius 3 is 3.13 bits per heavy atom. The number of rotatable bonds is 4. The lowest BCUT2D eigenvalue weighted by Gasteiger charge is -2.20. The van der Waals surface area contributed by atoms with Crippen LogP contribution in [0.3, 0.4) is 0 Å². The smallest absolute Gasteiger partial charge is 0.0948 e. The summed E-state index contributed by atoms with van der Waals surface area (Å²) in [6.07, 6.45) is 3.31. The van der Waals surface area contributed by atoms with Gasteiger partial charge in [0.25, 0.3) is 0 Å². The number of aliphatic hydroxyl groups excluding tert-OH is 1. The molecule has 1 aliphatic heterocycles. The molecule has 0 saturated carbocycles. The quantitative estimate of drug-likeness (QED) is 0.713. The van der Waals surface area contributed by atoms with E-state index in [0.29, 0.717) is 13.2 Å². The first-order chi connectivity index (χ1) is 7.25. The normalized spacial score (nSPS) is 28.1. The molecule has 15 heavy (non-hydrogen) atoms. The van der Waals surface area contributed by atoms with Crippen molar-refractivity contribution in [3.63, 3.8) is 0 Å². The monoisotopic (exact) mass is 211 g/mol. The summed E-state index contributed by atoms with van der Waals surface area (Å²) in [5.41, 5.74) is 0. The first kappa shape index (κ1) is 10.6. The minimum Gasteiger partial charge on any atom is -0.389 e. The van der Waals surface area contributed by atoms with Crippen LogP contribution in [0.15, 0.2) is 18.5 Å². The van der Waals surface area contributed by atoms with E-state index in [9.17, 15) is 5.11 Å². The second-order valence-electron chi connectivity index (χ2n) is 4.01. The molecule has 5 heteroatoms. The molecule has 0 spiro atoms. The van der Waals surface area contributed by atoms with E-state index in [-0.39, 0.29) is 18.2 Å². The Kier molecular flexibility index (Phi) is 3.35. The Bertz CT molecular complexity index is 289. The lowest BCUT2D eigenvalue weighted by atomic mass is 10.2. The van der Waals surface area contributed by atoms with Gasteiger partial charge in [-0.05, 0) is 13.0 Å². The van der Waals surface area contributed by atoms with Crippen molar-refractivity contribution in [3.05, 3.63) is 18.5 Å². The van der Waals surface area contributed by atoms with Crippen molar-refractivity contribution < 1.29 is 9.84 Å². The van der Waals surface area contributed by atoms with Crippen molar-refractivity contribution >= 4 is 0 Å². The van der Waals surface area contributed by atoms with Crippen LogP contribution in [0.1, 0.15) is 6.92 Å². The molecule has 3 unspecified atom stereocenters. The molecule has 1 saturated heterocycles. The fourth-order valence-corrected chi connectivity index (χ4v) is 1.81. The lowest BCUT2D eigenvalue weighted by Crippen LogP contribution is -2.45. The van der Waals surface area contributed by atoms with E-state index in [1.807, 2.05) is 16.9 Å². The van der Waals surface area contributed by atoms with Crippen LogP contribution in [-0.4, -0.2) is 46.3 Å². The van der Waals surface area contributed by atoms with Gasteiger partial charge in [-0.3, -0.25) is 4.68 Å². The van der Waals surface area contributed by atoms with Gasteiger partial charge in [0.15, 0.2) is 0 Å². The van der Waals surface area contributed by atoms with E-state index >= 15 is 0 Å². The third-order valence-corrected chi connectivity index (χ3v) is 2.57. The van der Waals surface area contributed by atoms with Gasteiger partial charge >= 0.3 is 0 Å². The highest BCUT2D eigenvalue weighted by atomic mass is 16.5. The van der Waals surface area contributed by atoms with Crippen LogP contribution < -0.4 is 5.32 Å². The summed E-state index contributed by atoms with van der Waals surface area (Å²) in [5.74, 6) is 0. The van der Waals surface area contributed by atoms with Gasteiger partial charge in [0.1, 0.15) is 0 Å². The maximum atomic E-state index is 9.55. The topological polar surface area (TPSA) is 59.3 Å². The van der Waals surface area contributed by atoms with E-state index < -0.39 is 0 Å². The SMILES string of the molecule is CC(Cn1cccn1)NC1COCC1O. The number of hydrogen-bond donors (Lipinski definition) is 2. The summed E-state index contributed by atoms with van der Waals surface area (Å²) in [6, 6.07) is 2.22. The molecule has 0 bridgehead atoms. The fourth-order valence-electron chi connectivity index (χ4n) is 1.81.